The number of hydrogen-bond acceptors (Lipinski definition) is 6. The Bertz CT molecular complexity index is 1160. The zero-order valence-electron chi connectivity index (χ0n) is 23.3. The summed E-state index contributed by atoms with van der Waals surface area (Å²) in [5.41, 5.74) is 4.45. The fourth-order valence-electron chi connectivity index (χ4n) is 5.40. The lowest BCUT2D eigenvalue weighted by atomic mass is 9.88. The van der Waals surface area contributed by atoms with E-state index in [1.54, 1.807) is 0 Å². The second kappa shape index (κ2) is 12.0. The summed E-state index contributed by atoms with van der Waals surface area (Å²) in [5.74, 6) is -0.451. The first kappa shape index (κ1) is 27.6. The van der Waals surface area contributed by atoms with Crippen molar-refractivity contribution < 1.29 is 19.1 Å². The predicted molar refractivity (Wildman–Crippen MR) is 149 cm³/mol. The monoisotopic (exact) mass is 516 g/mol. The fourth-order valence-corrected chi connectivity index (χ4v) is 5.40. The quantitative estimate of drug-likeness (QED) is 0.431. The van der Waals surface area contributed by atoms with E-state index in [2.05, 4.69) is 70.9 Å². The van der Waals surface area contributed by atoms with Gasteiger partial charge in [-0.15, -0.1) is 0 Å². The zero-order chi connectivity index (χ0) is 27.3. The molecule has 0 spiro atoms. The van der Waals surface area contributed by atoms with Crippen LogP contribution in [0.15, 0.2) is 83.2 Å². The molecule has 2 heterocycles. The lowest BCUT2D eigenvalue weighted by Crippen LogP contribution is -2.37. The minimum absolute atomic E-state index is 0.213. The molecule has 6 heteroatoms. The highest BCUT2D eigenvalue weighted by molar-refractivity contribution is 5.96. The minimum Gasteiger partial charge on any atom is -0.460 e. The van der Waals surface area contributed by atoms with E-state index in [-0.39, 0.29) is 18.5 Å². The third-order valence-corrected chi connectivity index (χ3v) is 7.46. The maximum Gasteiger partial charge on any atom is 0.336 e. The fraction of sp³-hybridized carbons (Fsp3) is 0.438. The molecule has 0 bridgehead atoms. The molecule has 38 heavy (non-hydrogen) atoms. The maximum atomic E-state index is 13.3. The standard InChI is InChI=1S/C32H40N2O4/c1-22(2)37-30(35)28-20-29(24(4)33-23(28)3)31(36)38-32(5)17-19-34(21-32)18-16-27(25-12-8-6-9-13-25)26-14-10-7-11-15-26/h6-15,22,27,33H,16-21H2,1-5H3. The van der Waals surface area contributed by atoms with Crippen LogP contribution in [0.2, 0.25) is 0 Å². The van der Waals surface area contributed by atoms with Crippen molar-refractivity contribution >= 4 is 11.9 Å². The lowest BCUT2D eigenvalue weighted by molar-refractivity contribution is -0.152. The van der Waals surface area contributed by atoms with Crippen LogP contribution in [0.5, 0.6) is 0 Å². The van der Waals surface area contributed by atoms with Gasteiger partial charge in [0, 0.05) is 43.2 Å². The minimum atomic E-state index is -0.575. The molecule has 6 nitrogen and oxygen atoms in total. The molecule has 2 aromatic carbocycles. The maximum absolute atomic E-state index is 13.3. The first-order chi connectivity index (χ1) is 18.1. The van der Waals surface area contributed by atoms with Crippen LogP contribution in [0, 0.1) is 0 Å². The highest BCUT2D eigenvalue weighted by atomic mass is 16.6. The average molecular weight is 517 g/mol. The Morgan fingerprint density at radius 3 is 2.03 bits per heavy atom. The zero-order valence-corrected chi connectivity index (χ0v) is 23.3. The molecule has 2 aliphatic heterocycles. The van der Waals surface area contributed by atoms with E-state index in [4.69, 9.17) is 9.47 Å². The van der Waals surface area contributed by atoms with Crippen molar-refractivity contribution in [1.29, 1.82) is 0 Å². The number of dihydropyridines is 1. The number of esters is 2. The molecule has 0 radical (unpaired) electrons. The molecule has 1 saturated heterocycles. The summed E-state index contributed by atoms with van der Waals surface area (Å²) in [6, 6.07) is 21.3. The Kier molecular flexibility index (Phi) is 8.72. The number of nitrogens with zero attached hydrogens (tertiary/aromatic N) is 1. The molecule has 2 aromatic rings. The Hall–Kier alpha value is -3.38. The summed E-state index contributed by atoms with van der Waals surface area (Å²) >= 11 is 0. The number of benzene rings is 2. The Balaban J connectivity index is 1.38. The Morgan fingerprint density at radius 1 is 0.921 bits per heavy atom. The highest BCUT2D eigenvalue weighted by Gasteiger charge is 2.39. The van der Waals surface area contributed by atoms with Gasteiger partial charge < -0.3 is 14.8 Å². The second-order valence-corrected chi connectivity index (χ2v) is 11.0. The van der Waals surface area contributed by atoms with Gasteiger partial charge in [-0.3, -0.25) is 4.90 Å². The van der Waals surface area contributed by atoms with Crippen molar-refractivity contribution in [2.75, 3.05) is 19.6 Å². The normalized spacial score (nSPS) is 20.2. The average Bonchev–Trinajstić information content (AvgIpc) is 3.25. The number of allylic oxidation sites excluding steroid dienone is 2. The molecule has 0 amide bonds. The highest BCUT2D eigenvalue weighted by Crippen LogP contribution is 2.32. The Morgan fingerprint density at radius 2 is 1.47 bits per heavy atom. The number of carbonyl (C=O) groups is 2. The smallest absolute Gasteiger partial charge is 0.336 e. The van der Waals surface area contributed by atoms with E-state index in [0.29, 0.717) is 29.3 Å². The summed E-state index contributed by atoms with van der Waals surface area (Å²) in [6.07, 6.45) is 1.75. The number of likely N-dealkylation sites (tertiary alicyclic amines) is 1. The molecule has 202 valence electrons. The summed E-state index contributed by atoms with van der Waals surface area (Å²) in [5, 5.41) is 3.17. The first-order valence-electron chi connectivity index (χ1n) is 13.6. The van der Waals surface area contributed by atoms with Crippen molar-refractivity contribution in [2.45, 2.75) is 71.5 Å². The van der Waals surface area contributed by atoms with Crippen molar-refractivity contribution in [2.24, 2.45) is 0 Å². The largest absolute Gasteiger partial charge is 0.460 e. The molecular formula is C32H40N2O4. The van der Waals surface area contributed by atoms with E-state index in [1.165, 1.54) is 11.1 Å². The van der Waals surface area contributed by atoms with Crippen LogP contribution in [0.1, 0.15) is 70.9 Å². The van der Waals surface area contributed by atoms with E-state index < -0.39 is 11.6 Å². The topological polar surface area (TPSA) is 67.9 Å². The van der Waals surface area contributed by atoms with Gasteiger partial charge in [-0.25, -0.2) is 9.59 Å². The third-order valence-electron chi connectivity index (χ3n) is 7.46. The van der Waals surface area contributed by atoms with E-state index in [1.807, 2.05) is 34.6 Å². The molecule has 1 unspecified atom stereocenters. The van der Waals surface area contributed by atoms with E-state index in [9.17, 15) is 9.59 Å². The van der Waals surface area contributed by atoms with Crippen molar-refractivity contribution in [3.05, 3.63) is 94.3 Å². The van der Waals surface area contributed by atoms with Gasteiger partial charge in [0.1, 0.15) is 5.60 Å². The lowest BCUT2D eigenvalue weighted by Gasteiger charge is -2.29. The molecule has 0 aliphatic carbocycles. The van der Waals surface area contributed by atoms with Crippen molar-refractivity contribution in [3.8, 4) is 0 Å². The molecule has 0 saturated carbocycles. The van der Waals surface area contributed by atoms with Gasteiger partial charge in [0.25, 0.3) is 0 Å². The first-order valence-corrected chi connectivity index (χ1v) is 13.6. The number of hydrogen-bond donors (Lipinski definition) is 1. The van der Waals surface area contributed by atoms with E-state index >= 15 is 0 Å². The molecule has 1 atom stereocenters. The molecule has 2 aliphatic rings. The van der Waals surface area contributed by atoms with Gasteiger partial charge in [-0.1, -0.05) is 60.7 Å². The van der Waals surface area contributed by atoms with Gasteiger partial charge in [-0.2, -0.15) is 0 Å². The van der Waals surface area contributed by atoms with Gasteiger partial charge in [0.2, 0.25) is 0 Å². The van der Waals surface area contributed by atoms with E-state index in [0.717, 1.165) is 31.6 Å². The Labute approximate surface area is 226 Å². The SMILES string of the molecule is CC1=C(C(=O)OC(C)C)CC(C(=O)OC2(C)CCN(CCC(c3ccccc3)c3ccccc3)C2)=C(C)N1. The number of nitrogens with one attached hydrogen (secondary N) is 1. The van der Waals surface area contributed by atoms with Crippen molar-refractivity contribution in [1.82, 2.24) is 10.2 Å². The van der Waals surface area contributed by atoms with Crippen LogP contribution in [0.3, 0.4) is 0 Å². The van der Waals surface area contributed by atoms with Gasteiger partial charge in [0.15, 0.2) is 0 Å². The van der Waals surface area contributed by atoms with Crippen LogP contribution < -0.4 is 5.32 Å². The van der Waals surface area contributed by atoms with Gasteiger partial charge in [-0.05, 0) is 58.7 Å². The van der Waals surface area contributed by atoms with Crippen LogP contribution in [0.4, 0.5) is 0 Å². The predicted octanol–water partition coefficient (Wildman–Crippen LogP) is 5.71. The van der Waals surface area contributed by atoms with Gasteiger partial charge in [0.05, 0.1) is 17.3 Å². The van der Waals surface area contributed by atoms with Crippen molar-refractivity contribution in [3.63, 3.8) is 0 Å². The van der Waals surface area contributed by atoms with Crippen LogP contribution >= 0.6 is 0 Å². The van der Waals surface area contributed by atoms with Crippen LogP contribution in [-0.4, -0.2) is 48.2 Å². The summed E-state index contributed by atoms with van der Waals surface area (Å²) in [7, 11) is 0. The third kappa shape index (κ3) is 6.73. The summed E-state index contributed by atoms with van der Waals surface area (Å²) in [6.45, 7) is 11.8. The van der Waals surface area contributed by atoms with Crippen LogP contribution in [-0.2, 0) is 19.1 Å². The van der Waals surface area contributed by atoms with Gasteiger partial charge >= 0.3 is 11.9 Å². The summed E-state index contributed by atoms with van der Waals surface area (Å²) < 4.78 is 11.5. The number of rotatable bonds is 9. The number of ether oxygens (including phenoxy) is 2. The van der Waals surface area contributed by atoms with Crippen LogP contribution in [0.25, 0.3) is 0 Å². The molecule has 1 N–H and O–H groups in total. The summed E-state index contributed by atoms with van der Waals surface area (Å²) in [4.78, 5) is 28.3. The second-order valence-electron chi connectivity index (χ2n) is 11.0. The molecule has 1 fully saturated rings. The molecular weight excluding hydrogens is 476 g/mol. The molecule has 0 aromatic heterocycles. The number of carbonyl (C=O) groups excluding carboxylic acids is 2. The molecule has 4 rings (SSSR count).